The lowest BCUT2D eigenvalue weighted by Crippen LogP contribution is -2.55. The predicted octanol–water partition coefficient (Wildman–Crippen LogP) is 3.72. The van der Waals surface area contributed by atoms with Crippen LogP contribution in [-0.2, 0) is 11.3 Å². The van der Waals surface area contributed by atoms with Crippen LogP contribution in [0.15, 0.2) is 46.9 Å². The van der Waals surface area contributed by atoms with E-state index in [-0.39, 0.29) is 24.5 Å². The SMILES string of the molecule is O=C(OCc1cc(F)cc(Br)c1)N1CCN(C2CCN(C(=O)n3nnc4ccccc43)CC2)CC1. The number of hydrogen-bond acceptors (Lipinski definition) is 6. The van der Waals surface area contributed by atoms with Crippen LogP contribution in [0.4, 0.5) is 14.0 Å². The Bertz CT molecular complexity index is 1200. The number of piperazine rings is 1. The Morgan fingerprint density at radius 2 is 1.74 bits per heavy atom. The molecule has 2 fully saturated rings. The Kier molecular flexibility index (Phi) is 6.96. The van der Waals surface area contributed by atoms with Crippen LogP contribution in [0.1, 0.15) is 18.4 Å². The molecule has 184 valence electrons. The molecular formula is C24H26BrFN6O3. The highest BCUT2D eigenvalue weighted by molar-refractivity contribution is 9.10. The van der Waals surface area contributed by atoms with E-state index in [0.717, 1.165) is 25.9 Å². The Morgan fingerprint density at radius 3 is 2.49 bits per heavy atom. The summed E-state index contributed by atoms with van der Waals surface area (Å²) in [5.41, 5.74) is 2.02. The van der Waals surface area contributed by atoms with E-state index in [1.807, 2.05) is 29.2 Å². The van der Waals surface area contributed by atoms with Crippen molar-refractivity contribution in [3.63, 3.8) is 0 Å². The molecule has 2 amide bonds. The molecule has 2 aliphatic heterocycles. The molecule has 0 atom stereocenters. The molecule has 0 saturated carbocycles. The van der Waals surface area contributed by atoms with E-state index in [1.165, 1.54) is 16.8 Å². The van der Waals surface area contributed by atoms with Gasteiger partial charge < -0.3 is 14.5 Å². The van der Waals surface area contributed by atoms with Crippen molar-refractivity contribution < 1.29 is 18.7 Å². The van der Waals surface area contributed by atoms with Crippen LogP contribution in [-0.4, -0.2) is 87.1 Å². The number of fused-ring (bicyclic) bond motifs is 1. The number of rotatable bonds is 3. The lowest BCUT2D eigenvalue weighted by Gasteiger charge is -2.42. The van der Waals surface area contributed by atoms with Crippen LogP contribution in [0, 0.1) is 5.82 Å². The summed E-state index contributed by atoms with van der Waals surface area (Å²) in [6.45, 7) is 4.01. The van der Waals surface area contributed by atoms with Gasteiger partial charge in [0.25, 0.3) is 0 Å². The number of benzene rings is 2. The fourth-order valence-corrected chi connectivity index (χ4v) is 5.28. The number of para-hydroxylation sites is 1. The van der Waals surface area contributed by atoms with Crippen LogP contribution in [0.5, 0.6) is 0 Å². The van der Waals surface area contributed by atoms with Gasteiger partial charge in [0.1, 0.15) is 17.9 Å². The second kappa shape index (κ2) is 10.3. The molecule has 3 heterocycles. The number of hydrogen-bond donors (Lipinski definition) is 0. The molecule has 0 aliphatic carbocycles. The highest BCUT2D eigenvalue weighted by Crippen LogP contribution is 2.21. The van der Waals surface area contributed by atoms with Crippen LogP contribution in [0.25, 0.3) is 11.0 Å². The Morgan fingerprint density at radius 1 is 1.00 bits per heavy atom. The number of ether oxygens (including phenoxy) is 1. The van der Waals surface area contributed by atoms with Crippen molar-refractivity contribution in [1.82, 2.24) is 29.7 Å². The van der Waals surface area contributed by atoms with Crippen molar-refractivity contribution in [2.75, 3.05) is 39.3 Å². The molecule has 2 aromatic carbocycles. The summed E-state index contributed by atoms with van der Waals surface area (Å²) in [7, 11) is 0. The zero-order chi connectivity index (χ0) is 24.4. The van der Waals surface area contributed by atoms with Gasteiger partial charge in [-0.05, 0) is 48.7 Å². The number of aromatic nitrogens is 3. The second-order valence-corrected chi connectivity index (χ2v) is 9.76. The highest BCUT2D eigenvalue weighted by atomic mass is 79.9. The molecule has 0 radical (unpaired) electrons. The Labute approximate surface area is 210 Å². The average molecular weight is 545 g/mol. The van der Waals surface area contributed by atoms with Gasteiger partial charge in [-0.25, -0.2) is 14.0 Å². The molecule has 2 saturated heterocycles. The molecule has 0 unspecified atom stereocenters. The zero-order valence-corrected chi connectivity index (χ0v) is 20.7. The van der Waals surface area contributed by atoms with Crippen molar-refractivity contribution in [1.29, 1.82) is 0 Å². The molecule has 0 bridgehead atoms. The third-order valence-electron chi connectivity index (χ3n) is 6.64. The van der Waals surface area contributed by atoms with E-state index in [0.29, 0.717) is 53.3 Å². The van der Waals surface area contributed by atoms with Gasteiger partial charge in [-0.15, -0.1) is 5.10 Å². The lowest BCUT2D eigenvalue weighted by atomic mass is 10.0. The van der Waals surface area contributed by atoms with Crippen LogP contribution < -0.4 is 0 Å². The van der Waals surface area contributed by atoms with Gasteiger partial charge in [-0.2, -0.15) is 4.68 Å². The van der Waals surface area contributed by atoms with E-state index < -0.39 is 0 Å². The van der Waals surface area contributed by atoms with E-state index in [1.54, 1.807) is 11.0 Å². The molecule has 1 aromatic heterocycles. The van der Waals surface area contributed by atoms with E-state index in [9.17, 15) is 14.0 Å². The molecule has 11 heteroatoms. The van der Waals surface area contributed by atoms with Gasteiger partial charge >= 0.3 is 12.1 Å². The molecule has 0 spiro atoms. The first kappa shape index (κ1) is 23.7. The topological polar surface area (TPSA) is 83.8 Å². The fraction of sp³-hybridized carbons (Fsp3) is 0.417. The molecule has 3 aromatic rings. The standard InChI is InChI=1S/C24H26BrFN6O3/c25-18-13-17(14-19(26)15-18)16-35-24(34)31-11-9-29(10-12-31)20-5-7-30(8-6-20)23(33)32-22-4-2-1-3-21(22)27-28-32/h1-4,13-15,20H,5-12,16H2. The van der Waals surface area contributed by atoms with E-state index in [2.05, 4.69) is 31.1 Å². The summed E-state index contributed by atoms with van der Waals surface area (Å²) in [6.07, 6.45) is 1.36. The van der Waals surface area contributed by atoms with Gasteiger partial charge in [-0.1, -0.05) is 33.3 Å². The average Bonchev–Trinajstić information content (AvgIpc) is 3.31. The number of likely N-dealkylation sites (tertiary alicyclic amines) is 1. The van der Waals surface area contributed by atoms with Crippen molar-refractivity contribution in [3.05, 3.63) is 58.3 Å². The minimum atomic E-state index is -0.384. The summed E-state index contributed by atoms with van der Waals surface area (Å²) in [5, 5.41) is 8.12. The van der Waals surface area contributed by atoms with Crippen molar-refractivity contribution in [3.8, 4) is 0 Å². The number of halogens is 2. The van der Waals surface area contributed by atoms with Crippen molar-refractivity contribution in [2.24, 2.45) is 0 Å². The minimum Gasteiger partial charge on any atom is -0.445 e. The smallest absolute Gasteiger partial charge is 0.410 e. The van der Waals surface area contributed by atoms with Gasteiger partial charge in [0.15, 0.2) is 0 Å². The van der Waals surface area contributed by atoms with Crippen LogP contribution in [0.2, 0.25) is 0 Å². The summed E-state index contributed by atoms with van der Waals surface area (Å²) in [5.74, 6) is -0.374. The first-order valence-corrected chi connectivity index (χ1v) is 12.5. The van der Waals surface area contributed by atoms with E-state index >= 15 is 0 Å². The Hall–Kier alpha value is -3.05. The monoisotopic (exact) mass is 544 g/mol. The quantitative estimate of drug-likeness (QED) is 0.499. The first-order chi connectivity index (χ1) is 17.0. The number of carbonyl (C=O) groups excluding carboxylic acids is 2. The molecule has 2 aliphatic rings. The number of piperidine rings is 1. The Balaban J connectivity index is 1.08. The lowest BCUT2D eigenvalue weighted by molar-refractivity contribution is 0.0468. The van der Waals surface area contributed by atoms with Gasteiger partial charge in [0.2, 0.25) is 0 Å². The molecular weight excluding hydrogens is 519 g/mol. The number of amides is 2. The highest BCUT2D eigenvalue weighted by Gasteiger charge is 2.31. The summed E-state index contributed by atoms with van der Waals surface area (Å²) < 4.78 is 20.9. The van der Waals surface area contributed by atoms with Crippen molar-refractivity contribution in [2.45, 2.75) is 25.5 Å². The maximum Gasteiger partial charge on any atom is 0.410 e. The number of nitrogens with zero attached hydrogens (tertiary/aromatic N) is 6. The van der Waals surface area contributed by atoms with Crippen LogP contribution in [0.3, 0.4) is 0 Å². The summed E-state index contributed by atoms with van der Waals surface area (Å²) >= 11 is 3.25. The largest absolute Gasteiger partial charge is 0.445 e. The third-order valence-corrected chi connectivity index (χ3v) is 7.10. The maximum absolute atomic E-state index is 13.5. The molecule has 5 rings (SSSR count). The number of carbonyl (C=O) groups is 2. The van der Waals surface area contributed by atoms with Crippen molar-refractivity contribution >= 4 is 39.1 Å². The normalized spacial score (nSPS) is 17.7. The fourth-order valence-electron chi connectivity index (χ4n) is 4.77. The van der Waals surface area contributed by atoms with Gasteiger partial charge in [0, 0.05) is 49.8 Å². The van der Waals surface area contributed by atoms with Gasteiger partial charge in [-0.3, -0.25) is 4.90 Å². The summed E-state index contributed by atoms with van der Waals surface area (Å²) in [4.78, 5) is 31.4. The molecule has 9 nitrogen and oxygen atoms in total. The zero-order valence-electron chi connectivity index (χ0n) is 19.1. The first-order valence-electron chi connectivity index (χ1n) is 11.7. The summed E-state index contributed by atoms with van der Waals surface area (Å²) in [6, 6.07) is 12.1. The molecule has 0 N–H and O–H groups in total. The van der Waals surface area contributed by atoms with Gasteiger partial charge in [0.05, 0.1) is 5.52 Å². The maximum atomic E-state index is 13.5. The van der Waals surface area contributed by atoms with E-state index in [4.69, 9.17) is 4.74 Å². The van der Waals surface area contributed by atoms with Crippen LogP contribution >= 0.6 is 15.9 Å². The third kappa shape index (κ3) is 5.30. The molecule has 35 heavy (non-hydrogen) atoms. The minimum absolute atomic E-state index is 0.0307. The predicted molar refractivity (Wildman–Crippen MR) is 130 cm³/mol. The second-order valence-electron chi connectivity index (χ2n) is 8.85.